The second-order valence-corrected chi connectivity index (χ2v) is 8.34. The van der Waals surface area contributed by atoms with Gasteiger partial charge in [-0.05, 0) is 25.5 Å². The Morgan fingerprint density at radius 2 is 1.94 bits per heavy atom. The van der Waals surface area contributed by atoms with E-state index in [1.54, 1.807) is 0 Å². The number of non-ortho nitro benzene ring substituents is 1. The van der Waals surface area contributed by atoms with E-state index in [0.717, 1.165) is 40.8 Å². The minimum absolute atomic E-state index is 0.402. The zero-order chi connectivity index (χ0) is 23.5. The lowest BCUT2D eigenvalue weighted by Crippen LogP contribution is -2.24. The number of nitro benzene ring substituents is 1. The van der Waals surface area contributed by atoms with E-state index in [1.807, 2.05) is 37.3 Å². The summed E-state index contributed by atoms with van der Waals surface area (Å²) in [4.78, 5) is 30.0. The van der Waals surface area contributed by atoms with E-state index in [-0.39, 0.29) is 0 Å². The molecule has 0 saturated carbocycles. The first-order valence-corrected chi connectivity index (χ1v) is 10.3. The molecule has 3 rings (SSSR count). The summed E-state index contributed by atoms with van der Waals surface area (Å²) in [6, 6.07) is 11.9. The number of alkyl halides is 3. The minimum Gasteiger partial charge on any atom is -0.337 e. The molecule has 0 fully saturated rings. The zero-order valence-corrected chi connectivity index (χ0v) is 17.9. The standard InChI is InChI=1S/C21H19F3N4O3S/c1-12-18(10-14-6-4-3-5-7-14)27-20(25-12)32-13(2)19(29)26-17-9-8-15(28(30)31)11-16(17)21(22,23)24/h3-9,11,13H,10H2,1-2H3,(H,25,27)(H,26,29). The van der Waals surface area contributed by atoms with Gasteiger partial charge in [-0.1, -0.05) is 42.1 Å². The van der Waals surface area contributed by atoms with Gasteiger partial charge in [0.25, 0.3) is 5.69 Å². The van der Waals surface area contributed by atoms with E-state index in [0.29, 0.717) is 17.6 Å². The van der Waals surface area contributed by atoms with E-state index >= 15 is 0 Å². The number of nitro groups is 1. The summed E-state index contributed by atoms with van der Waals surface area (Å²) in [7, 11) is 0. The highest BCUT2D eigenvalue weighted by atomic mass is 32.2. The van der Waals surface area contributed by atoms with Gasteiger partial charge in [0.2, 0.25) is 5.91 Å². The van der Waals surface area contributed by atoms with Crippen LogP contribution in [0.25, 0.3) is 0 Å². The van der Waals surface area contributed by atoms with Gasteiger partial charge in [0.1, 0.15) is 0 Å². The number of carbonyl (C=O) groups is 1. The average Bonchev–Trinajstić information content (AvgIpc) is 3.06. The number of hydrogen-bond acceptors (Lipinski definition) is 5. The predicted molar refractivity (Wildman–Crippen MR) is 115 cm³/mol. The van der Waals surface area contributed by atoms with Crippen LogP contribution >= 0.6 is 11.8 Å². The quantitative estimate of drug-likeness (QED) is 0.279. The molecule has 0 aliphatic carbocycles. The molecule has 0 saturated heterocycles. The molecule has 3 aromatic rings. The molecular formula is C21H19F3N4O3S. The molecule has 0 aliphatic heterocycles. The summed E-state index contributed by atoms with van der Waals surface area (Å²) in [5.41, 5.74) is 0.175. The first-order valence-electron chi connectivity index (χ1n) is 9.47. The number of halogens is 3. The maximum absolute atomic E-state index is 13.3. The number of hydrogen-bond donors (Lipinski definition) is 2. The smallest absolute Gasteiger partial charge is 0.337 e. The van der Waals surface area contributed by atoms with Gasteiger partial charge < -0.3 is 10.3 Å². The second-order valence-electron chi connectivity index (χ2n) is 7.01. The maximum Gasteiger partial charge on any atom is 0.418 e. The van der Waals surface area contributed by atoms with Gasteiger partial charge in [-0.3, -0.25) is 14.9 Å². The van der Waals surface area contributed by atoms with Gasteiger partial charge in [-0.15, -0.1) is 0 Å². The molecule has 0 radical (unpaired) electrons. The number of amides is 1. The second kappa shape index (κ2) is 9.43. The number of nitrogens with zero attached hydrogens (tertiary/aromatic N) is 2. The van der Waals surface area contributed by atoms with Crippen molar-refractivity contribution >= 4 is 29.0 Å². The molecule has 1 unspecified atom stereocenters. The third-order valence-corrected chi connectivity index (χ3v) is 5.60. The van der Waals surface area contributed by atoms with Crippen LogP contribution in [0.5, 0.6) is 0 Å². The van der Waals surface area contributed by atoms with Crippen molar-refractivity contribution in [3.63, 3.8) is 0 Å². The predicted octanol–water partition coefficient (Wildman–Crippen LogP) is 5.36. The van der Waals surface area contributed by atoms with Gasteiger partial charge >= 0.3 is 6.18 Å². The van der Waals surface area contributed by atoms with Gasteiger partial charge in [-0.25, -0.2) is 4.98 Å². The van der Waals surface area contributed by atoms with Gasteiger partial charge in [-0.2, -0.15) is 13.2 Å². The molecule has 1 heterocycles. The fourth-order valence-corrected chi connectivity index (χ4v) is 3.80. The van der Waals surface area contributed by atoms with Crippen molar-refractivity contribution in [2.45, 2.75) is 36.9 Å². The van der Waals surface area contributed by atoms with Crippen LogP contribution in [0.15, 0.2) is 53.7 Å². The SMILES string of the molecule is Cc1[nH]c(SC(C)C(=O)Nc2ccc([N+](=O)[O-])cc2C(F)(F)F)nc1Cc1ccccc1. The zero-order valence-electron chi connectivity index (χ0n) is 17.1. The third-order valence-electron chi connectivity index (χ3n) is 4.61. The summed E-state index contributed by atoms with van der Waals surface area (Å²) in [5.74, 6) is -0.687. The number of thioether (sulfide) groups is 1. The first-order chi connectivity index (χ1) is 15.0. The lowest BCUT2D eigenvalue weighted by Gasteiger charge is -2.15. The average molecular weight is 464 g/mol. The number of nitrogens with one attached hydrogen (secondary N) is 2. The number of imidazole rings is 1. The van der Waals surface area contributed by atoms with Crippen LogP contribution in [0.2, 0.25) is 0 Å². The Morgan fingerprint density at radius 1 is 1.25 bits per heavy atom. The number of benzene rings is 2. The Balaban J connectivity index is 1.72. The largest absolute Gasteiger partial charge is 0.418 e. The van der Waals surface area contributed by atoms with Crippen molar-refractivity contribution in [2.75, 3.05) is 5.32 Å². The van der Waals surface area contributed by atoms with Crippen LogP contribution in [0, 0.1) is 17.0 Å². The van der Waals surface area contributed by atoms with Gasteiger partial charge in [0.15, 0.2) is 5.16 Å². The van der Waals surface area contributed by atoms with Gasteiger partial charge in [0.05, 0.1) is 27.1 Å². The number of anilines is 1. The van der Waals surface area contributed by atoms with Crippen molar-refractivity contribution in [3.8, 4) is 0 Å². The van der Waals surface area contributed by atoms with Crippen molar-refractivity contribution in [2.24, 2.45) is 0 Å². The summed E-state index contributed by atoms with van der Waals surface area (Å²) in [6.45, 7) is 3.39. The molecule has 0 aliphatic rings. The number of aromatic amines is 1. The molecule has 168 valence electrons. The van der Waals surface area contributed by atoms with E-state index in [1.165, 1.54) is 6.92 Å². The van der Waals surface area contributed by atoms with E-state index in [4.69, 9.17) is 0 Å². The first kappa shape index (κ1) is 23.3. The van der Waals surface area contributed by atoms with Crippen LogP contribution in [-0.4, -0.2) is 26.0 Å². The fraction of sp³-hybridized carbons (Fsp3) is 0.238. The van der Waals surface area contributed by atoms with Crippen molar-refractivity contribution < 1.29 is 22.9 Å². The molecule has 11 heteroatoms. The van der Waals surface area contributed by atoms with E-state index < -0.39 is 39.2 Å². The number of rotatable bonds is 7. The normalized spacial score (nSPS) is 12.4. The highest BCUT2D eigenvalue weighted by molar-refractivity contribution is 8.00. The van der Waals surface area contributed by atoms with Crippen molar-refractivity contribution in [1.29, 1.82) is 0 Å². The summed E-state index contributed by atoms with van der Waals surface area (Å²) >= 11 is 1.07. The Labute approximate surface area is 185 Å². The molecule has 0 bridgehead atoms. The highest BCUT2D eigenvalue weighted by Crippen LogP contribution is 2.37. The van der Waals surface area contributed by atoms with Crippen LogP contribution in [-0.2, 0) is 17.4 Å². The number of aryl methyl sites for hydroxylation is 1. The fourth-order valence-electron chi connectivity index (χ4n) is 2.93. The van der Waals surface area contributed by atoms with E-state index in [2.05, 4.69) is 15.3 Å². The highest BCUT2D eigenvalue weighted by Gasteiger charge is 2.36. The van der Waals surface area contributed by atoms with Gasteiger partial charge in [0, 0.05) is 24.2 Å². The number of H-pyrrole nitrogens is 1. The Kier molecular flexibility index (Phi) is 6.87. The molecule has 0 spiro atoms. The van der Waals surface area contributed by atoms with Crippen molar-refractivity contribution in [1.82, 2.24) is 9.97 Å². The Hall–Kier alpha value is -3.34. The number of aromatic nitrogens is 2. The topological polar surface area (TPSA) is 101 Å². The van der Waals surface area contributed by atoms with Crippen LogP contribution in [0.3, 0.4) is 0 Å². The Morgan fingerprint density at radius 3 is 2.56 bits per heavy atom. The molecular weight excluding hydrogens is 445 g/mol. The molecule has 2 N–H and O–H groups in total. The molecule has 1 amide bonds. The Bertz CT molecular complexity index is 1130. The van der Waals surface area contributed by atoms with Crippen molar-refractivity contribution in [3.05, 3.63) is 81.2 Å². The molecule has 32 heavy (non-hydrogen) atoms. The maximum atomic E-state index is 13.3. The van der Waals surface area contributed by atoms with Crippen LogP contribution in [0.1, 0.15) is 29.4 Å². The molecule has 2 aromatic carbocycles. The summed E-state index contributed by atoms with van der Waals surface area (Å²) in [6.07, 6.45) is -4.27. The lowest BCUT2D eigenvalue weighted by atomic mass is 10.1. The molecule has 7 nitrogen and oxygen atoms in total. The summed E-state index contributed by atoms with van der Waals surface area (Å²) < 4.78 is 40.0. The molecule has 1 aromatic heterocycles. The van der Waals surface area contributed by atoms with Crippen LogP contribution < -0.4 is 5.32 Å². The lowest BCUT2D eigenvalue weighted by molar-refractivity contribution is -0.385. The van der Waals surface area contributed by atoms with Crippen LogP contribution in [0.4, 0.5) is 24.5 Å². The number of carbonyl (C=O) groups excluding carboxylic acids is 1. The third kappa shape index (κ3) is 5.67. The van der Waals surface area contributed by atoms with E-state index in [9.17, 15) is 28.1 Å². The minimum atomic E-state index is -4.87. The summed E-state index contributed by atoms with van der Waals surface area (Å²) in [5, 5.41) is 12.7. The monoisotopic (exact) mass is 464 g/mol. The molecule has 1 atom stereocenters.